The summed E-state index contributed by atoms with van der Waals surface area (Å²) < 4.78 is 13.0. The summed E-state index contributed by atoms with van der Waals surface area (Å²) in [5.41, 5.74) is 0. The van der Waals surface area contributed by atoms with Crippen LogP contribution in [0.15, 0.2) is 41.8 Å². The summed E-state index contributed by atoms with van der Waals surface area (Å²) in [6.07, 6.45) is 1.24. The van der Waals surface area contributed by atoms with E-state index in [1.807, 2.05) is 0 Å². The molecule has 3 heteroatoms. The van der Waals surface area contributed by atoms with Crippen LogP contribution in [0.5, 0.6) is 0 Å². The highest BCUT2D eigenvalue weighted by molar-refractivity contribution is 8.00. The van der Waals surface area contributed by atoms with Gasteiger partial charge in [0.15, 0.2) is 5.78 Å². The van der Waals surface area contributed by atoms with Crippen LogP contribution < -0.4 is 0 Å². The summed E-state index contributed by atoms with van der Waals surface area (Å²) in [6, 6.07) is 6.38. The number of hydrogen-bond donors (Lipinski definition) is 0. The maximum Gasteiger partial charge on any atom is 0.165 e. The third-order valence-corrected chi connectivity index (χ3v) is 2.51. The number of hydrogen-bond acceptors (Lipinski definition) is 2. The van der Waals surface area contributed by atoms with Gasteiger partial charge in [-0.1, -0.05) is 18.7 Å². The van der Waals surface area contributed by atoms with E-state index in [0.717, 1.165) is 0 Å². The molecular formula is C10H9FOS. The maximum atomic E-state index is 13.0. The number of carbonyl (C=O) groups excluding carboxylic acids is 1. The molecule has 1 rings (SSSR count). The minimum atomic E-state index is -0.288. The van der Waals surface area contributed by atoms with Gasteiger partial charge in [0.05, 0.1) is 5.75 Å². The number of rotatable bonds is 4. The lowest BCUT2D eigenvalue weighted by Crippen LogP contribution is -1.95. The lowest BCUT2D eigenvalue weighted by atomic mass is 10.3. The van der Waals surface area contributed by atoms with E-state index in [9.17, 15) is 9.18 Å². The van der Waals surface area contributed by atoms with Crippen LogP contribution in [0, 0.1) is 5.82 Å². The molecule has 0 aliphatic rings. The summed E-state index contributed by atoms with van der Waals surface area (Å²) in [7, 11) is 0. The molecule has 0 fully saturated rings. The van der Waals surface area contributed by atoms with Gasteiger partial charge in [-0.25, -0.2) is 4.39 Å². The first-order valence-corrected chi connectivity index (χ1v) is 4.75. The van der Waals surface area contributed by atoms with Crippen LogP contribution in [0.2, 0.25) is 0 Å². The van der Waals surface area contributed by atoms with Crippen molar-refractivity contribution in [2.45, 2.75) is 4.90 Å². The molecule has 0 aromatic heterocycles. The molecule has 1 nitrogen and oxygen atoms in total. The van der Waals surface area contributed by atoms with Crippen molar-refractivity contribution in [3.63, 3.8) is 0 Å². The predicted molar refractivity (Wildman–Crippen MR) is 52.3 cm³/mol. The lowest BCUT2D eigenvalue weighted by molar-refractivity contribution is -0.112. The summed E-state index contributed by atoms with van der Waals surface area (Å²) in [5.74, 6) is -0.137. The first-order chi connectivity index (χ1) is 6.24. The van der Waals surface area contributed by atoms with Gasteiger partial charge in [-0.3, -0.25) is 4.79 Å². The number of thioether (sulfide) groups is 1. The quantitative estimate of drug-likeness (QED) is 0.544. The fourth-order valence-electron chi connectivity index (χ4n) is 0.770. The van der Waals surface area contributed by atoms with Gasteiger partial charge in [0, 0.05) is 4.90 Å². The fraction of sp³-hybridized carbons (Fsp3) is 0.100. The molecule has 0 heterocycles. The van der Waals surface area contributed by atoms with Gasteiger partial charge in [-0.2, -0.15) is 0 Å². The second kappa shape index (κ2) is 4.82. The Morgan fingerprint density at radius 2 is 2.23 bits per heavy atom. The molecule has 1 aromatic carbocycles. The normalized spacial score (nSPS) is 9.62. The molecular weight excluding hydrogens is 187 g/mol. The van der Waals surface area contributed by atoms with Gasteiger partial charge < -0.3 is 0 Å². The molecule has 13 heavy (non-hydrogen) atoms. The van der Waals surface area contributed by atoms with E-state index in [2.05, 4.69) is 6.58 Å². The zero-order valence-electron chi connectivity index (χ0n) is 7.00. The Balaban J connectivity index is 2.59. The molecule has 0 unspecified atom stereocenters. The van der Waals surface area contributed by atoms with Gasteiger partial charge in [-0.15, -0.1) is 11.8 Å². The summed E-state index contributed by atoms with van der Waals surface area (Å²) in [5, 5.41) is 0. The minimum absolute atomic E-state index is 0.0896. The van der Waals surface area contributed by atoms with Crippen molar-refractivity contribution in [1.29, 1.82) is 0 Å². The largest absolute Gasteiger partial charge is 0.294 e. The standard InChI is InChI=1S/C10H9FOS/c1-2-8(12)7-13-10-6-4-3-5-9(10)11/h2-6H,1,7H2. The summed E-state index contributed by atoms with van der Waals surface area (Å²) in [4.78, 5) is 11.3. The number of allylic oxidation sites excluding steroid dienone is 1. The number of carbonyl (C=O) groups is 1. The van der Waals surface area contributed by atoms with Crippen LogP contribution in [0.25, 0.3) is 0 Å². The first-order valence-electron chi connectivity index (χ1n) is 3.76. The third-order valence-electron chi connectivity index (χ3n) is 1.43. The van der Waals surface area contributed by atoms with Crippen molar-refractivity contribution < 1.29 is 9.18 Å². The highest BCUT2D eigenvalue weighted by Crippen LogP contribution is 2.20. The Morgan fingerprint density at radius 3 is 2.85 bits per heavy atom. The smallest absolute Gasteiger partial charge is 0.165 e. The van der Waals surface area contributed by atoms with Crippen LogP contribution in [0.4, 0.5) is 4.39 Å². The maximum absolute atomic E-state index is 13.0. The lowest BCUT2D eigenvalue weighted by Gasteiger charge is -1.99. The number of benzene rings is 1. The number of halogens is 1. The average Bonchev–Trinajstić information content (AvgIpc) is 2.16. The van der Waals surface area contributed by atoms with E-state index in [4.69, 9.17) is 0 Å². The first kappa shape index (κ1) is 9.99. The second-order valence-corrected chi connectivity index (χ2v) is 3.41. The van der Waals surface area contributed by atoms with Crippen LogP contribution in [0.3, 0.4) is 0 Å². The molecule has 0 saturated carbocycles. The molecule has 68 valence electrons. The van der Waals surface area contributed by atoms with Gasteiger partial charge >= 0.3 is 0 Å². The number of ketones is 1. The molecule has 1 aromatic rings. The highest BCUT2D eigenvalue weighted by Gasteiger charge is 2.02. The third kappa shape index (κ3) is 3.03. The van der Waals surface area contributed by atoms with Crippen molar-refractivity contribution >= 4 is 17.5 Å². The Bertz CT molecular complexity index is 322. The van der Waals surface area contributed by atoms with Crippen molar-refractivity contribution in [1.82, 2.24) is 0 Å². The Morgan fingerprint density at radius 1 is 1.54 bits per heavy atom. The Labute approximate surface area is 80.7 Å². The van der Waals surface area contributed by atoms with Crippen molar-refractivity contribution in [2.24, 2.45) is 0 Å². The van der Waals surface area contributed by atoms with Crippen LogP contribution in [-0.4, -0.2) is 11.5 Å². The van der Waals surface area contributed by atoms with E-state index in [1.54, 1.807) is 18.2 Å². The predicted octanol–water partition coefficient (Wildman–Crippen LogP) is 2.67. The molecule has 0 aliphatic carbocycles. The average molecular weight is 196 g/mol. The van der Waals surface area contributed by atoms with Gasteiger partial charge in [-0.05, 0) is 18.2 Å². The van der Waals surface area contributed by atoms with Crippen molar-refractivity contribution in [3.05, 3.63) is 42.7 Å². The molecule has 0 atom stereocenters. The Kier molecular flexibility index (Phi) is 3.71. The van der Waals surface area contributed by atoms with Crippen molar-refractivity contribution in [3.8, 4) is 0 Å². The zero-order chi connectivity index (χ0) is 9.68. The molecule has 0 N–H and O–H groups in total. The van der Waals surface area contributed by atoms with E-state index < -0.39 is 0 Å². The molecule has 0 bridgehead atoms. The second-order valence-electron chi connectivity index (χ2n) is 2.39. The summed E-state index contributed by atoms with van der Waals surface area (Å²) in [6.45, 7) is 3.34. The van der Waals surface area contributed by atoms with Crippen LogP contribution in [0.1, 0.15) is 0 Å². The fourth-order valence-corrected chi connectivity index (χ4v) is 1.57. The van der Waals surface area contributed by atoms with Crippen LogP contribution >= 0.6 is 11.8 Å². The van der Waals surface area contributed by atoms with E-state index >= 15 is 0 Å². The summed E-state index contributed by atoms with van der Waals surface area (Å²) >= 11 is 1.18. The molecule has 0 amide bonds. The van der Waals surface area contributed by atoms with Gasteiger partial charge in [0.2, 0.25) is 0 Å². The van der Waals surface area contributed by atoms with Crippen molar-refractivity contribution in [2.75, 3.05) is 5.75 Å². The minimum Gasteiger partial charge on any atom is -0.294 e. The Hall–Kier alpha value is -1.09. The molecule has 0 spiro atoms. The zero-order valence-corrected chi connectivity index (χ0v) is 7.81. The monoisotopic (exact) mass is 196 g/mol. The molecule has 0 aliphatic heterocycles. The van der Waals surface area contributed by atoms with Gasteiger partial charge in [0.25, 0.3) is 0 Å². The molecule has 0 radical (unpaired) electrons. The molecule has 0 saturated heterocycles. The van der Waals surface area contributed by atoms with Crippen LogP contribution in [-0.2, 0) is 4.79 Å². The SMILES string of the molecule is C=CC(=O)CSc1ccccc1F. The topological polar surface area (TPSA) is 17.1 Å². The van der Waals surface area contributed by atoms with E-state index in [1.165, 1.54) is 23.9 Å². The highest BCUT2D eigenvalue weighted by atomic mass is 32.2. The van der Waals surface area contributed by atoms with Gasteiger partial charge in [0.1, 0.15) is 5.82 Å². The van der Waals surface area contributed by atoms with E-state index in [-0.39, 0.29) is 17.4 Å². The van der Waals surface area contributed by atoms with E-state index in [0.29, 0.717) is 4.90 Å².